The number of carboxylic acid groups (broad SMARTS) is 1. The Morgan fingerprint density at radius 2 is 1.64 bits per heavy atom. The molecule has 0 aliphatic rings. The molecule has 5 heteroatoms. The first-order valence-corrected chi connectivity index (χ1v) is 8.08. The lowest BCUT2D eigenvalue weighted by Crippen LogP contribution is -2.03. The third-order valence-corrected chi connectivity index (χ3v) is 3.51. The normalized spacial score (nSPS) is 11.1. The molecule has 25 heavy (non-hydrogen) atoms. The highest BCUT2D eigenvalue weighted by molar-refractivity contribution is 6.20. The Morgan fingerprint density at radius 1 is 1.00 bits per heavy atom. The third-order valence-electron chi connectivity index (χ3n) is 3.51. The molecule has 0 aromatic heterocycles. The summed E-state index contributed by atoms with van der Waals surface area (Å²) in [6.07, 6.45) is 1.62. The van der Waals surface area contributed by atoms with Gasteiger partial charge in [0.15, 0.2) is 11.5 Å². The number of hydrogen-bond donors (Lipinski definition) is 1. The summed E-state index contributed by atoms with van der Waals surface area (Å²) in [5.74, 6) is 0.835. The Hall–Kier alpha value is -2.95. The van der Waals surface area contributed by atoms with Crippen LogP contribution in [0.15, 0.2) is 42.5 Å². The summed E-state index contributed by atoms with van der Waals surface area (Å²) in [4.78, 5) is 11.7. The van der Waals surface area contributed by atoms with E-state index in [1.807, 2.05) is 13.8 Å². The molecule has 0 fully saturated rings. The molecule has 0 amide bonds. The van der Waals surface area contributed by atoms with Gasteiger partial charge in [-0.2, -0.15) is 0 Å². The van der Waals surface area contributed by atoms with Gasteiger partial charge in [0.05, 0.1) is 25.9 Å². The minimum absolute atomic E-state index is 0.175. The molecule has 1 N–H and O–H groups in total. The molecule has 2 rings (SSSR count). The molecule has 0 unspecified atom stereocenters. The number of methoxy groups -OCH3 is 1. The van der Waals surface area contributed by atoms with Gasteiger partial charge in [0.1, 0.15) is 5.75 Å². The first-order valence-electron chi connectivity index (χ1n) is 8.08. The summed E-state index contributed by atoms with van der Waals surface area (Å²) in [5, 5.41) is 9.62. The molecule has 0 heterocycles. The van der Waals surface area contributed by atoms with E-state index in [0.717, 1.165) is 5.56 Å². The highest BCUT2D eigenvalue weighted by Crippen LogP contribution is 2.32. The molecule has 0 atom stereocenters. The van der Waals surface area contributed by atoms with Crippen molar-refractivity contribution in [1.29, 1.82) is 0 Å². The highest BCUT2D eigenvalue weighted by atomic mass is 16.5. The average Bonchev–Trinajstić information content (AvgIpc) is 2.62. The van der Waals surface area contributed by atoms with Gasteiger partial charge >= 0.3 is 5.97 Å². The van der Waals surface area contributed by atoms with Crippen molar-refractivity contribution >= 4 is 17.6 Å². The van der Waals surface area contributed by atoms with Gasteiger partial charge in [-0.05, 0) is 55.3 Å². The molecule has 2 aromatic carbocycles. The second-order valence-electron chi connectivity index (χ2n) is 5.16. The number of ether oxygens (including phenoxy) is 3. The lowest BCUT2D eigenvalue weighted by atomic mass is 10.0. The fourth-order valence-electron chi connectivity index (χ4n) is 2.35. The average molecular weight is 342 g/mol. The second kappa shape index (κ2) is 8.78. The van der Waals surface area contributed by atoms with E-state index in [1.54, 1.807) is 55.7 Å². The largest absolute Gasteiger partial charge is 0.497 e. The van der Waals surface area contributed by atoms with Crippen LogP contribution in [0.1, 0.15) is 25.0 Å². The van der Waals surface area contributed by atoms with E-state index in [4.69, 9.17) is 14.2 Å². The van der Waals surface area contributed by atoms with Gasteiger partial charge in [-0.3, -0.25) is 0 Å². The van der Waals surface area contributed by atoms with E-state index in [2.05, 4.69) is 0 Å². The fraction of sp³-hybridized carbons (Fsp3) is 0.250. The Balaban J connectivity index is 2.43. The van der Waals surface area contributed by atoms with Gasteiger partial charge in [0.25, 0.3) is 0 Å². The molecular formula is C20H22O5. The molecule has 0 radical (unpaired) electrons. The quantitative estimate of drug-likeness (QED) is 0.577. The summed E-state index contributed by atoms with van der Waals surface area (Å²) in [5.41, 5.74) is 1.49. The van der Waals surface area contributed by atoms with E-state index >= 15 is 0 Å². The van der Waals surface area contributed by atoms with Crippen molar-refractivity contribution in [2.24, 2.45) is 0 Å². The lowest BCUT2D eigenvalue weighted by molar-refractivity contribution is -0.130. The van der Waals surface area contributed by atoms with Crippen molar-refractivity contribution in [1.82, 2.24) is 0 Å². The SMILES string of the molecule is CCOc1ccc(C(=Cc2ccc(OC)cc2)C(=O)O)cc1OCC. The summed E-state index contributed by atoms with van der Waals surface area (Å²) in [6, 6.07) is 12.3. The van der Waals surface area contributed by atoms with Crippen molar-refractivity contribution in [3.63, 3.8) is 0 Å². The van der Waals surface area contributed by atoms with Crippen molar-refractivity contribution in [3.8, 4) is 17.2 Å². The summed E-state index contributed by atoms with van der Waals surface area (Å²) < 4.78 is 16.2. The van der Waals surface area contributed by atoms with Gasteiger partial charge in [-0.25, -0.2) is 4.79 Å². The molecule has 0 bridgehead atoms. The van der Waals surface area contributed by atoms with Gasteiger partial charge in [-0.1, -0.05) is 18.2 Å². The number of benzene rings is 2. The van der Waals surface area contributed by atoms with Crippen LogP contribution < -0.4 is 14.2 Å². The van der Waals surface area contributed by atoms with E-state index in [0.29, 0.717) is 36.0 Å². The fourth-order valence-corrected chi connectivity index (χ4v) is 2.35. The summed E-state index contributed by atoms with van der Waals surface area (Å²) in [7, 11) is 1.59. The van der Waals surface area contributed by atoms with Crippen LogP contribution >= 0.6 is 0 Å². The van der Waals surface area contributed by atoms with Crippen LogP contribution in [0.4, 0.5) is 0 Å². The number of aliphatic carboxylic acids is 1. The smallest absolute Gasteiger partial charge is 0.336 e. The van der Waals surface area contributed by atoms with Crippen LogP contribution in [0.25, 0.3) is 11.6 Å². The van der Waals surface area contributed by atoms with Gasteiger partial charge in [0.2, 0.25) is 0 Å². The predicted octanol–water partition coefficient (Wildman–Crippen LogP) is 4.12. The third kappa shape index (κ3) is 4.76. The summed E-state index contributed by atoms with van der Waals surface area (Å²) >= 11 is 0. The Bertz CT molecular complexity index is 747. The topological polar surface area (TPSA) is 65.0 Å². The Kier molecular flexibility index (Phi) is 6.46. The molecule has 0 aliphatic heterocycles. The maximum atomic E-state index is 11.7. The van der Waals surface area contributed by atoms with Gasteiger partial charge in [-0.15, -0.1) is 0 Å². The first kappa shape index (κ1) is 18.4. The first-order chi connectivity index (χ1) is 12.1. The molecule has 0 saturated heterocycles. The van der Waals surface area contributed by atoms with Gasteiger partial charge < -0.3 is 19.3 Å². The molecule has 132 valence electrons. The van der Waals surface area contributed by atoms with Crippen molar-refractivity contribution in [2.75, 3.05) is 20.3 Å². The highest BCUT2D eigenvalue weighted by Gasteiger charge is 2.14. The number of rotatable bonds is 8. The monoisotopic (exact) mass is 342 g/mol. The minimum atomic E-state index is -1.01. The van der Waals surface area contributed by atoms with Gasteiger partial charge in [0, 0.05) is 0 Å². The Labute approximate surface area is 147 Å². The van der Waals surface area contributed by atoms with E-state index in [-0.39, 0.29) is 5.57 Å². The number of carbonyl (C=O) groups is 1. The maximum absolute atomic E-state index is 11.7. The standard InChI is InChI=1S/C20H22O5/c1-4-24-18-11-8-15(13-19(18)25-5-2)17(20(21)22)12-14-6-9-16(23-3)10-7-14/h6-13H,4-5H2,1-3H3,(H,21,22). The van der Waals surface area contributed by atoms with Crippen LogP contribution in [-0.4, -0.2) is 31.4 Å². The van der Waals surface area contributed by atoms with Crippen molar-refractivity contribution < 1.29 is 24.1 Å². The van der Waals surface area contributed by atoms with E-state index < -0.39 is 5.97 Å². The van der Waals surface area contributed by atoms with Crippen LogP contribution in [-0.2, 0) is 4.79 Å². The predicted molar refractivity (Wildman–Crippen MR) is 97.3 cm³/mol. The van der Waals surface area contributed by atoms with Crippen LogP contribution in [0.5, 0.6) is 17.2 Å². The number of carboxylic acids is 1. The maximum Gasteiger partial charge on any atom is 0.336 e. The van der Waals surface area contributed by atoms with Crippen LogP contribution in [0.2, 0.25) is 0 Å². The summed E-state index contributed by atoms with van der Waals surface area (Å²) in [6.45, 7) is 4.73. The molecule has 5 nitrogen and oxygen atoms in total. The molecule has 0 saturated carbocycles. The molecule has 0 aliphatic carbocycles. The molecule has 0 spiro atoms. The zero-order valence-corrected chi connectivity index (χ0v) is 14.6. The van der Waals surface area contributed by atoms with E-state index in [1.165, 1.54) is 0 Å². The second-order valence-corrected chi connectivity index (χ2v) is 5.16. The zero-order valence-electron chi connectivity index (χ0n) is 14.6. The van der Waals surface area contributed by atoms with Crippen LogP contribution in [0, 0.1) is 0 Å². The van der Waals surface area contributed by atoms with Crippen molar-refractivity contribution in [3.05, 3.63) is 53.6 Å². The van der Waals surface area contributed by atoms with E-state index in [9.17, 15) is 9.90 Å². The molecular weight excluding hydrogens is 320 g/mol. The van der Waals surface area contributed by atoms with Crippen molar-refractivity contribution in [2.45, 2.75) is 13.8 Å². The Morgan fingerprint density at radius 3 is 2.20 bits per heavy atom. The lowest BCUT2D eigenvalue weighted by Gasteiger charge is -2.13. The minimum Gasteiger partial charge on any atom is -0.497 e. The molecule has 2 aromatic rings. The number of hydrogen-bond acceptors (Lipinski definition) is 4. The zero-order chi connectivity index (χ0) is 18.2. The van der Waals surface area contributed by atoms with Crippen LogP contribution in [0.3, 0.4) is 0 Å².